The molecule has 1 saturated carbocycles. The minimum absolute atomic E-state index is 0.0687. The van der Waals surface area contributed by atoms with Crippen LogP contribution in [-0.2, 0) is 0 Å². The van der Waals surface area contributed by atoms with Gasteiger partial charge in [-0.3, -0.25) is 14.3 Å². The number of nitrogens with zero attached hydrogens (tertiary/aromatic N) is 6. The summed E-state index contributed by atoms with van der Waals surface area (Å²) in [6.45, 7) is 4.26. The van der Waals surface area contributed by atoms with Crippen molar-refractivity contribution in [2.45, 2.75) is 38.8 Å². The number of carbonyl (C=O) groups excluding carboxylic acids is 2. The lowest BCUT2D eigenvalue weighted by molar-refractivity contribution is 0.0959. The largest absolute Gasteiger partial charge is 0.346 e. The summed E-state index contributed by atoms with van der Waals surface area (Å²) in [5.41, 5.74) is 1.16. The number of aromatic nitrogens is 5. The Kier molecular flexibility index (Phi) is 5.45. The minimum atomic E-state index is -0.287. The van der Waals surface area contributed by atoms with Gasteiger partial charge in [-0.25, -0.2) is 9.78 Å². The van der Waals surface area contributed by atoms with E-state index in [9.17, 15) is 9.59 Å². The lowest BCUT2D eigenvalue weighted by Gasteiger charge is -2.21. The van der Waals surface area contributed by atoms with Crippen LogP contribution in [0.3, 0.4) is 0 Å². The molecule has 5 rings (SSSR count). The number of hydrogen-bond donors (Lipinski definition) is 2. The molecule has 2 aliphatic rings. The summed E-state index contributed by atoms with van der Waals surface area (Å²) in [6.07, 6.45) is 5.36. The molecule has 2 fully saturated rings. The third-order valence-electron chi connectivity index (χ3n) is 5.85. The van der Waals surface area contributed by atoms with Gasteiger partial charge in [0.2, 0.25) is 11.9 Å². The van der Waals surface area contributed by atoms with E-state index >= 15 is 0 Å². The van der Waals surface area contributed by atoms with Gasteiger partial charge < -0.3 is 10.6 Å². The van der Waals surface area contributed by atoms with Crippen LogP contribution in [-0.4, -0.2) is 49.0 Å². The van der Waals surface area contributed by atoms with E-state index in [1.54, 1.807) is 42.3 Å². The van der Waals surface area contributed by atoms with Crippen LogP contribution in [0.25, 0.3) is 0 Å². The van der Waals surface area contributed by atoms with E-state index < -0.39 is 0 Å². The number of benzene rings is 1. The third-order valence-corrected chi connectivity index (χ3v) is 6.10. The van der Waals surface area contributed by atoms with Gasteiger partial charge in [0, 0.05) is 23.3 Å². The molecule has 0 bridgehead atoms. The summed E-state index contributed by atoms with van der Waals surface area (Å²) in [6, 6.07) is 6.29. The van der Waals surface area contributed by atoms with Gasteiger partial charge in [-0.05, 0) is 56.9 Å². The fourth-order valence-corrected chi connectivity index (χ4v) is 4.06. The van der Waals surface area contributed by atoms with Crippen LogP contribution in [0.1, 0.15) is 47.7 Å². The molecule has 1 aliphatic heterocycles. The van der Waals surface area contributed by atoms with Crippen molar-refractivity contribution in [1.82, 2.24) is 29.8 Å². The Morgan fingerprint density at radius 3 is 2.70 bits per heavy atom. The van der Waals surface area contributed by atoms with E-state index in [0.717, 1.165) is 12.8 Å². The number of hydrogen-bond acceptors (Lipinski definition) is 7. The minimum Gasteiger partial charge on any atom is -0.346 e. The molecule has 10 nitrogen and oxygen atoms in total. The van der Waals surface area contributed by atoms with Crippen molar-refractivity contribution in [3.05, 3.63) is 58.9 Å². The van der Waals surface area contributed by atoms with Gasteiger partial charge >= 0.3 is 6.03 Å². The molecule has 0 spiro atoms. The Hall–Kier alpha value is -3.53. The number of carbonyl (C=O) groups is 2. The Labute approximate surface area is 195 Å². The number of urea groups is 1. The van der Waals surface area contributed by atoms with Crippen LogP contribution in [0, 0.1) is 12.8 Å². The summed E-state index contributed by atoms with van der Waals surface area (Å²) in [7, 11) is 0. The number of aryl methyl sites for hydroxylation is 1. The first-order valence-corrected chi connectivity index (χ1v) is 11.2. The second kappa shape index (κ2) is 8.43. The first-order valence-electron chi connectivity index (χ1n) is 10.8. The number of imidazole rings is 1. The summed E-state index contributed by atoms with van der Waals surface area (Å²) >= 11 is 5.90. The predicted molar refractivity (Wildman–Crippen MR) is 122 cm³/mol. The number of amides is 2. The summed E-state index contributed by atoms with van der Waals surface area (Å²) in [4.78, 5) is 44.4. The molecule has 2 atom stereocenters. The van der Waals surface area contributed by atoms with Crippen molar-refractivity contribution in [2.24, 2.45) is 5.92 Å². The molecule has 0 radical (unpaired) electrons. The number of halogens is 1. The molecule has 0 unspecified atom stereocenters. The molecular weight excluding hydrogens is 444 g/mol. The van der Waals surface area contributed by atoms with E-state index in [4.69, 9.17) is 11.6 Å². The van der Waals surface area contributed by atoms with Gasteiger partial charge in [-0.2, -0.15) is 15.0 Å². The topological polar surface area (TPSA) is 118 Å². The maximum Gasteiger partial charge on any atom is 0.324 e. The first kappa shape index (κ1) is 21.3. The zero-order valence-electron chi connectivity index (χ0n) is 18.2. The Morgan fingerprint density at radius 2 is 1.97 bits per heavy atom. The highest BCUT2D eigenvalue weighted by Gasteiger charge is 2.43. The van der Waals surface area contributed by atoms with Crippen molar-refractivity contribution in [2.75, 3.05) is 16.8 Å². The molecule has 2 aromatic heterocycles. The normalized spacial score (nSPS) is 18.8. The molecule has 1 aliphatic carbocycles. The van der Waals surface area contributed by atoms with Gasteiger partial charge in [0.25, 0.3) is 5.91 Å². The lowest BCUT2D eigenvalue weighted by atomic mass is 10.2. The van der Waals surface area contributed by atoms with Crippen molar-refractivity contribution in [3.8, 4) is 0 Å². The van der Waals surface area contributed by atoms with Gasteiger partial charge in [0.05, 0.1) is 17.8 Å². The van der Waals surface area contributed by atoms with Crippen molar-refractivity contribution in [3.63, 3.8) is 0 Å². The Bertz CT molecular complexity index is 1210. The molecule has 3 heterocycles. The quantitative estimate of drug-likeness (QED) is 0.572. The number of anilines is 2. The first-order chi connectivity index (χ1) is 15.9. The van der Waals surface area contributed by atoms with Gasteiger partial charge in [0.15, 0.2) is 0 Å². The smallest absolute Gasteiger partial charge is 0.324 e. The SMILES string of the molecule is Cc1nc(N[C@@H](C)c2cn(C(=O)c3ccc(Cl)cc3)cn2)nc(N2C(=O)NC[C@@H]2C2CC2)n1. The van der Waals surface area contributed by atoms with E-state index in [-0.39, 0.29) is 24.0 Å². The van der Waals surface area contributed by atoms with E-state index in [2.05, 4.69) is 30.6 Å². The van der Waals surface area contributed by atoms with Crippen molar-refractivity contribution in [1.29, 1.82) is 0 Å². The molecule has 1 aromatic carbocycles. The fourth-order valence-electron chi connectivity index (χ4n) is 3.94. The van der Waals surface area contributed by atoms with E-state index in [0.29, 0.717) is 46.5 Å². The van der Waals surface area contributed by atoms with Gasteiger partial charge in [-0.1, -0.05) is 11.6 Å². The van der Waals surface area contributed by atoms with Crippen LogP contribution >= 0.6 is 11.6 Å². The molecule has 1 saturated heterocycles. The maximum absolute atomic E-state index is 12.7. The van der Waals surface area contributed by atoms with Crippen molar-refractivity contribution >= 4 is 35.4 Å². The van der Waals surface area contributed by atoms with Crippen LogP contribution in [0.5, 0.6) is 0 Å². The maximum atomic E-state index is 12.7. The lowest BCUT2D eigenvalue weighted by Crippen LogP contribution is -2.37. The predicted octanol–water partition coefficient (Wildman–Crippen LogP) is 3.20. The number of nitrogens with one attached hydrogen (secondary N) is 2. The van der Waals surface area contributed by atoms with Crippen LogP contribution in [0.15, 0.2) is 36.8 Å². The Balaban J connectivity index is 1.33. The molecule has 33 heavy (non-hydrogen) atoms. The molecule has 11 heteroatoms. The Morgan fingerprint density at radius 1 is 1.21 bits per heavy atom. The second-order valence-electron chi connectivity index (χ2n) is 8.35. The van der Waals surface area contributed by atoms with Crippen LogP contribution in [0.2, 0.25) is 5.02 Å². The zero-order chi connectivity index (χ0) is 23.1. The molecule has 2 N–H and O–H groups in total. The average Bonchev–Trinajstić information content (AvgIpc) is 3.37. The highest BCUT2D eigenvalue weighted by molar-refractivity contribution is 6.30. The highest BCUT2D eigenvalue weighted by Crippen LogP contribution is 2.38. The second-order valence-corrected chi connectivity index (χ2v) is 8.79. The third kappa shape index (κ3) is 4.38. The molecular formula is C22H23ClN8O2. The van der Waals surface area contributed by atoms with Gasteiger partial charge in [0.1, 0.15) is 12.2 Å². The highest BCUT2D eigenvalue weighted by atomic mass is 35.5. The average molecular weight is 467 g/mol. The monoisotopic (exact) mass is 466 g/mol. The number of rotatable bonds is 6. The summed E-state index contributed by atoms with van der Waals surface area (Å²) in [5, 5.41) is 6.67. The van der Waals surface area contributed by atoms with Crippen molar-refractivity contribution < 1.29 is 9.59 Å². The van der Waals surface area contributed by atoms with Crippen LogP contribution < -0.4 is 15.5 Å². The van der Waals surface area contributed by atoms with E-state index in [1.807, 2.05) is 6.92 Å². The molecule has 170 valence electrons. The molecule has 3 aromatic rings. The standard InChI is InChI=1S/C22H23ClN8O2/c1-12(17-10-30(11-25-17)19(32)15-5-7-16(23)8-6-15)26-20-27-13(2)28-21(29-20)31-18(14-3-4-14)9-24-22(31)33/h5-8,10-12,14,18H,3-4,9H2,1-2H3,(H,24,33)(H,26,27,28,29)/t12-,18+/m0/s1. The van der Waals surface area contributed by atoms with Gasteiger partial charge in [-0.15, -0.1) is 0 Å². The van der Waals surface area contributed by atoms with E-state index in [1.165, 1.54) is 10.9 Å². The zero-order valence-corrected chi connectivity index (χ0v) is 19.0. The summed E-state index contributed by atoms with van der Waals surface area (Å²) in [5.74, 6) is 1.47. The molecule has 2 amide bonds. The van der Waals surface area contributed by atoms with Crippen LogP contribution in [0.4, 0.5) is 16.7 Å². The fraction of sp³-hybridized carbons (Fsp3) is 0.364. The summed E-state index contributed by atoms with van der Waals surface area (Å²) < 4.78 is 1.43.